The number of benzene rings is 2. The maximum Gasteiger partial charge on any atom is 0.382 e. The van der Waals surface area contributed by atoms with Crippen LogP contribution in [0.25, 0.3) is 11.1 Å². The van der Waals surface area contributed by atoms with E-state index in [-0.39, 0.29) is 17.2 Å². The average molecular weight is 339 g/mol. The number of hydrogen-bond acceptors (Lipinski definition) is 5. The fraction of sp³-hybridized carbons (Fsp3) is 0.143. The molecular formula is C14H13NO5S2. The fourth-order valence-electron chi connectivity index (χ4n) is 2.24. The first-order chi connectivity index (χ1) is 10.3. The molecule has 0 aliphatic carbocycles. The van der Waals surface area contributed by atoms with Gasteiger partial charge in [0.1, 0.15) is 0 Å². The molecule has 0 bridgehead atoms. The summed E-state index contributed by atoms with van der Waals surface area (Å²) in [6.45, 7) is 0.160. The second-order valence-electron chi connectivity index (χ2n) is 4.95. The highest BCUT2D eigenvalue weighted by Gasteiger charge is 2.24. The lowest BCUT2D eigenvalue weighted by Crippen LogP contribution is -2.32. The highest BCUT2D eigenvalue weighted by molar-refractivity contribution is 7.90. The molecule has 6 nitrogen and oxygen atoms in total. The van der Waals surface area contributed by atoms with Crippen molar-refractivity contribution in [2.24, 2.45) is 0 Å². The maximum atomic E-state index is 11.6. The van der Waals surface area contributed by atoms with Crippen molar-refractivity contribution in [2.45, 2.75) is 11.4 Å². The van der Waals surface area contributed by atoms with Crippen molar-refractivity contribution in [1.82, 2.24) is 4.72 Å². The van der Waals surface area contributed by atoms with Crippen molar-refractivity contribution in [3.8, 4) is 16.9 Å². The van der Waals surface area contributed by atoms with Gasteiger partial charge in [-0.3, -0.25) is 0 Å². The molecule has 1 heterocycles. The van der Waals surface area contributed by atoms with Crippen molar-refractivity contribution >= 4 is 20.1 Å². The Hall–Kier alpha value is -1.90. The molecule has 2 aromatic carbocycles. The van der Waals surface area contributed by atoms with Crippen LogP contribution in [-0.2, 0) is 26.7 Å². The van der Waals surface area contributed by atoms with Crippen LogP contribution in [0.15, 0.2) is 47.4 Å². The Kier molecular flexibility index (Phi) is 3.47. The molecule has 0 saturated carbocycles. The van der Waals surface area contributed by atoms with Crippen molar-refractivity contribution in [3.63, 3.8) is 0 Å². The van der Waals surface area contributed by atoms with E-state index in [1.807, 2.05) is 0 Å². The molecule has 1 N–H and O–H groups in total. The minimum absolute atomic E-state index is 0.160. The molecule has 1 aliphatic rings. The van der Waals surface area contributed by atoms with E-state index >= 15 is 0 Å². The summed E-state index contributed by atoms with van der Waals surface area (Å²) in [6.07, 6.45) is 1.13. The topological polar surface area (TPSA) is 89.5 Å². The number of nitrogens with one attached hydrogen (secondary N) is 1. The van der Waals surface area contributed by atoms with Crippen LogP contribution in [0.1, 0.15) is 5.56 Å². The Balaban J connectivity index is 2.10. The molecule has 0 aromatic heterocycles. The SMILES string of the molecule is CS(=O)(=O)c1ccc(-c2cccc3c2OS(=O)(=O)NC3)cc1. The van der Waals surface area contributed by atoms with Crippen LogP contribution in [0.3, 0.4) is 0 Å². The summed E-state index contributed by atoms with van der Waals surface area (Å²) in [7, 11) is -7.08. The molecule has 0 spiro atoms. The van der Waals surface area contributed by atoms with Crippen molar-refractivity contribution in [1.29, 1.82) is 0 Å². The molecule has 0 fully saturated rings. The quantitative estimate of drug-likeness (QED) is 0.895. The molecular weight excluding hydrogens is 326 g/mol. The second kappa shape index (κ2) is 5.08. The van der Waals surface area contributed by atoms with E-state index in [0.29, 0.717) is 11.1 Å². The second-order valence-corrected chi connectivity index (χ2v) is 8.33. The molecule has 1 aliphatic heterocycles. The van der Waals surface area contributed by atoms with Gasteiger partial charge in [0.15, 0.2) is 15.6 Å². The summed E-state index contributed by atoms with van der Waals surface area (Å²) in [5, 5.41) is 0. The molecule has 0 unspecified atom stereocenters. The highest BCUT2D eigenvalue weighted by Crippen LogP contribution is 2.36. The van der Waals surface area contributed by atoms with Crippen molar-refractivity contribution < 1.29 is 21.0 Å². The van der Waals surface area contributed by atoms with Crippen LogP contribution in [0.4, 0.5) is 0 Å². The number of sulfone groups is 1. The molecule has 0 atom stereocenters. The molecule has 0 amide bonds. The van der Waals surface area contributed by atoms with Gasteiger partial charge in [0.25, 0.3) is 0 Å². The van der Waals surface area contributed by atoms with Crippen LogP contribution < -0.4 is 8.91 Å². The number of hydrogen-bond donors (Lipinski definition) is 1. The van der Waals surface area contributed by atoms with E-state index in [1.54, 1.807) is 30.3 Å². The summed E-state index contributed by atoms with van der Waals surface area (Å²) >= 11 is 0. The summed E-state index contributed by atoms with van der Waals surface area (Å²) in [4.78, 5) is 0.205. The molecule has 0 radical (unpaired) electrons. The van der Waals surface area contributed by atoms with Crippen molar-refractivity contribution in [3.05, 3.63) is 48.0 Å². The Labute approximate surface area is 128 Å². The van der Waals surface area contributed by atoms with Crippen LogP contribution in [0, 0.1) is 0 Å². The van der Waals surface area contributed by atoms with Gasteiger partial charge in [-0.25, -0.2) is 8.42 Å². The highest BCUT2D eigenvalue weighted by atomic mass is 32.2. The van der Waals surface area contributed by atoms with Gasteiger partial charge in [0, 0.05) is 23.9 Å². The summed E-state index contributed by atoms with van der Waals surface area (Å²) < 4.78 is 53.5. The molecule has 3 rings (SSSR count). The van der Waals surface area contributed by atoms with Crippen molar-refractivity contribution in [2.75, 3.05) is 6.26 Å². The predicted octanol–water partition coefficient (Wildman–Crippen LogP) is 1.48. The van der Waals surface area contributed by atoms with Gasteiger partial charge in [0.2, 0.25) is 0 Å². The minimum atomic E-state index is -3.80. The zero-order valence-electron chi connectivity index (χ0n) is 11.6. The molecule has 116 valence electrons. The van der Waals surface area contributed by atoms with E-state index < -0.39 is 20.1 Å². The smallest absolute Gasteiger partial charge is 0.370 e. The molecule has 22 heavy (non-hydrogen) atoms. The first-order valence-corrected chi connectivity index (χ1v) is 9.68. The third-order valence-electron chi connectivity index (χ3n) is 3.32. The van der Waals surface area contributed by atoms with Gasteiger partial charge in [0.05, 0.1) is 4.90 Å². The Morgan fingerprint density at radius 2 is 1.77 bits per heavy atom. The standard InChI is InChI=1S/C14H13NO5S2/c1-21(16,17)12-7-5-10(6-8-12)13-4-2-3-11-9-15-22(18,19)20-14(11)13/h2-8,15H,9H2,1H3. The van der Waals surface area contributed by atoms with E-state index in [9.17, 15) is 16.8 Å². The zero-order chi connectivity index (χ0) is 16.0. The first kappa shape index (κ1) is 15.0. The fourth-order valence-corrected chi connectivity index (χ4v) is 3.67. The van der Waals surface area contributed by atoms with Gasteiger partial charge in [-0.1, -0.05) is 30.3 Å². The van der Waals surface area contributed by atoms with Gasteiger partial charge >= 0.3 is 10.3 Å². The molecule has 8 heteroatoms. The van der Waals surface area contributed by atoms with Gasteiger partial charge in [-0.05, 0) is 17.7 Å². The van der Waals surface area contributed by atoms with Crippen LogP contribution in [0.5, 0.6) is 5.75 Å². The summed E-state index contributed by atoms with van der Waals surface area (Å²) in [5.41, 5.74) is 2.00. The van der Waals surface area contributed by atoms with Crippen LogP contribution in [-0.4, -0.2) is 23.1 Å². The summed E-state index contributed by atoms with van der Waals surface area (Å²) in [5.74, 6) is 0.272. The maximum absolute atomic E-state index is 11.6. The van der Waals surface area contributed by atoms with Gasteiger partial charge in [-0.15, -0.1) is 0 Å². The largest absolute Gasteiger partial charge is 0.382 e. The zero-order valence-corrected chi connectivity index (χ0v) is 13.2. The van der Waals surface area contributed by atoms with E-state index in [4.69, 9.17) is 4.18 Å². The monoisotopic (exact) mass is 339 g/mol. The third-order valence-corrected chi connectivity index (χ3v) is 5.33. The Bertz CT molecular complexity index is 932. The van der Waals surface area contributed by atoms with Crippen LogP contribution >= 0.6 is 0 Å². The lowest BCUT2D eigenvalue weighted by atomic mass is 10.0. The number of rotatable bonds is 2. The van der Waals surface area contributed by atoms with Gasteiger partial charge < -0.3 is 4.18 Å². The summed E-state index contributed by atoms with van der Waals surface area (Å²) in [6, 6.07) is 11.5. The number of para-hydroxylation sites is 1. The minimum Gasteiger partial charge on any atom is -0.370 e. The van der Waals surface area contributed by atoms with E-state index in [2.05, 4.69) is 4.72 Å². The first-order valence-electron chi connectivity index (χ1n) is 6.38. The normalized spacial score (nSPS) is 16.6. The van der Waals surface area contributed by atoms with E-state index in [1.165, 1.54) is 12.1 Å². The molecule has 2 aromatic rings. The predicted molar refractivity (Wildman–Crippen MR) is 81.4 cm³/mol. The average Bonchev–Trinajstić information content (AvgIpc) is 2.45. The Morgan fingerprint density at radius 1 is 1.09 bits per heavy atom. The lowest BCUT2D eigenvalue weighted by molar-refractivity contribution is 0.454. The van der Waals surface area contributed by atoms with Gasteiger partial charge in [-0.2, -0.15) is 13.1 Å². The van der Waals surface area contributed by atoms with Crippen LogP contribution in [0.2, 0.25) is 0 Å². The lowest BCUT2D eigenvalue weighted by Gasteiger charge is -2.20. The third kappa shape index (κ3) is 2.85. The number of fused-ring (bicyclic) bond motifs is 1. The Morgan fingerprint density at radius 3 is 2.41 bits per heavy atom. The molecule has 0 saturated heterocycles. The van der Waals surface area contributed by atoms with E-state index in [0.717, 1.165) is 11.8 Å².